The van der Waals surface area contributed by atoms with Crippen LogP contribution in [0.15, 0.2) is 0 Å². The van der Waals surface area contributed by atoms with Crippen LogP contribution in [0, 0.1) is 17.3 Å². The lowest BCUT2D eigenvalue weighted by atomic mass is 9.84. The molecule has 0 spiro atoms. The zero-order chi connectivity index (χ0) is 13.6. The molecule has 0 aromatic rings. The fraction of sp³-hybridized carbons (Fsp3) is 0.923. The molecule has 18 heavy (non-hydrogen) atoms. The van der Waals surface area contributed by atoms with Gasteiger partial charge in [0.2, 0.25) is 5.91 Å². The number of hydrogen-bond donors (Lipinski definition) is 1. The highest BCUT2D eigenvalue weighted by molar-refractivity contribution is 5.83. The Morgan fingerprint density at radius 3 is 2.33 bits per heavy atom. The third kappa shape index (κ3) is 2.12. The van der Waals surface area contributed by atoms with Crippen molar-refractivity contribution in [2.75, 3.05) is 0 Å². The maximum atomic E-state index is 13.0. The van der Waals surface area contributed by atoms with Crippen molar-refractivity contribution in [3.8, 4) is 0 Å². The molecule has 0 saturated heterocycles. The van der Waals surface area contributed by atoms with Gasteiger partial charge in [-0.1, -0.05) is 13.3 Å². The molecule has 0 aliphatic heterocycles. The Morgan fingerprint density at radius 1 is 1.28 bits per heavy atom. The summed E-state index contributed by atoms with van der Waals surface area (Å²) in [6, 6.07) is -0.0375. The molecular formula is C13H20F3NO. The molecule has 2 rings (SSSR count). The first-order valence-electron chi connectivity index (χ1n) is 6.65. The quantitative estimate of drug-likeness (QED) is 0.832. The zero-order valence-corrected chi connectivity index (χ0v) is 10.8. The maximum Gasteiger partial charge on any atom is 0.402 e. The van der Waals surface area contributed by atoms with Crippen LogP contribution in [-0.4, -0.2) is 18.1 Å². The topological polar surface area (TPSA) is 29.1 Å². The Hall–Kier alpha value is -0.740. The summed E-state index contributed by atoms with van der Waals surface area (Å²) in [5, 5.41) is 2.65. The molecule has 104 valence electrons. The van der Waals surface area contributed by atoms with Gasteiger partial charge in [-0.3, -0.25) is 4.79 Å². The van der Waals surface area contributed by atoms with E-state index < -0.39 is 17.5 Å². The minimum atomic E-state index is -4.48. The minimum Gasteiger partial charge on any atom is -0.352 e. The Morgan fingerprint density at radius 2 is 1.94 bits per heavy atom. The van der Waals surface area contributed by atoms with Crippen molar-refractivity contribution in [3.05, 3.63) is 0 Å². The molecule has 2 saturated carbocycles. The van der Waals surface area contributed by atoms with Gasteiger partial charge in [-0.2, -0.15) is 13.2 Å². The van der Waals surface area contributed by atoms with Crippen molar-refractivity contribution in [1.82, 2.24) is 5.32 Å². The maximum absolute atomic E-state index is 13.0. The summed E-state index contributed by atoms with van der Waals surface area (Å²) in [6.45, 7) is 2.41. The summed E-state index contributed by atoms with van der Waals surface area (Å²) in [5.41, 5.74) is -2.26. The van der Waals surface area contributed by atoms with E-state index >= 15 is 0 Å². The standard InChI is InChI=1S/C13H20F3NO/c1-3-12(2,13(14,15)16)11(18)17-10-7-8-4-5-9(10)6-8/h8-10H,3-7H2,1-2H3,(H,17,18). The molecule has 1 amide bonds. The van der Waals surface area contributed by atoms with Crippen molar-refractivity contribution in [3.63, 3.8) is 0 Å². The lowest BCUT2D eigenvalue weighted by Gasteiger charge is -2.32. The van der Waals surface area contributed by atoms with E-state index in [4.69, 9.17) is 0 Å². The Bertz CT molecular complexity index is 342. The molecule has 0 radical (unpaired) electrons. The molecular weight excluding hydrogens is 243 g/mol. The molecule has 0 aromatic carbocycles. The van der Waals surface area contributed by atoms with Gasteiger partial charge < -0.3 is 5.32 Å². The van der Waals surface area contributed by atoms with Gasteiger partial charge >= 0.3 is 6.18 Å². The van der Waals surface area contributed by atoms with E-state index in [9.17, 15) is 18.0 Å². The third-order valence-electron chi connectivity index (χ3n) is 4.89. The van der Waals surface area contributed by atoms with Crippen LogP contribution in [0.1, 0.15) is 46.0 Å². The van der Waals surface area contributed by atoms with Crippen LogP contribution in [0.2, 0.25) is 0 Å². The first kappa shape index (κ1) is 13.7. The van der Waals surface area contributed by atoms with Crippen LogP contribution >= 0.6 is 0 Å². The molecule has 2 bridgehead atoms. The molecule has 2 aliphatic rings. The lowest BCUT2D eigenvalue weighted by Crippen LogP contribution is -2.52. The van der Waals surface area contributed by atoms with E-state index in [1.54, 1.807) is 0 Å². The number of amides is 1. The minimum absolute atomic E-state index is 0.0375. The monoisotopic (exact) mass is 263 g/mol. The van der Waals surface area contributed by atoms with Gasteiger partial charge in [0.25, 0.3) is 0 Å². The highest BCUT2D eigenvalue weighted by atomic mass is 19.4. The van der Waals surface area contributed by atoms with E-state index in [1.165, 1.54) is 13.3 Å². The summed E-state index contributed by atoms with van der Waals surface area (Å²) in [6.07, 6.45) is -0.563. The number of nitrogens with one attached hydrogen (secondary N) is 1. The molecule has 2 aliphatic carbocycles. The summed E-state index contributed by atoms with van der Waals surface area (Å²) in [5.74, 6) is 0.155. The van der Waals surface area contributed by atoms with Gasteiger partial charge in [-0.05, 0) is 44.4 Å². The van der Waals surface area contributed by atoms with E-state index in [1.807, 2.05) is 0 Å². The third-order valence-corrected chi connectivity index (χ3v) is 4.89. The predicted molar refractivity (Wildman–Crippen MR) is 61.8 cm³/mol. The van der Waals surface area contributed by atoms with Crippen molar-refractivity contribution in [2.24, 2.45) is 17.3 Å². The van der Waals surface area contributed by atoms with Crippen LogP contribution in [0.25, 0.3) is 0 Å². The number of fused-ring (bicyclic) bond motifs is 2. The van der Waals surface area contributed by atoms with Crippen molar-refractivity contribution in [1.29, 1.82) is 0 Å². The Balaban J connectivity index is 2.03. The zero-order valence-electron chi connectivity index (χ0n) is 10.8. The number of rotatable bonds is 3. The van der Waals surface area contributed by atoms with E-state index in [0.29, 0.717) is 11.8 Å². The smallest absolute Gasteiger partial charge is 0.352 e. The van der Waals surface area contributed by atoms with Crippen LogP contribution in [0.4, 0.5) is 13.2 Å². The van der Waals surface area contributed by atoms with E-state index in [2.05, 4.69) is 5.32 Å². The molecule has 0 aromatic heterocycles. The molecule has 2 fully saturated rings. The van der Waals surface area contributed by atoms with Crippen LogP contribution in [0.3, 0.4) is 0 Å². The Kier molecular flexibility index (Phi) is 3.36. The highest BCUT2D eigenvalue weighted by Gasteiger charge is 2.56. The lowest BCUT2D eigenvalue weighted by molar-refractivity contribution is -0.218. The fourth-order valence-electron chi connectivity index (χ4n) is 3.24. The molecule has 2 nitrogen and oxygen atoms in total. The highest BCUT2D eigenvalue weighted by Crippen LogP contribution is 2.46. The summed E-state index contributed by atoms with van der Waals surface area (Å²) in [4.78, 5) is 11.9. The molecule has 5 heteroatoms. The molecule has 0 heterocycles. The van der Waals surface area contributed by atoms with Crippen molar-refractivity contribution in [2.45, 2.75) is 58.2 Å². The van der Waals surface area contributed by atoms with Gasteiger partial charge in [-0.15, -0.1) is 0 Å². The van der Waals surface area contributed by atoms with Gasteiger partial charge in [0.1, 0.15) is 5.41 Å². The van der Waals surface area contributed by atoms with Crippen LogP contribution < -0.4 is 5.32 Å². The van der Waals surface area contributed by atoms with E-state index in [-0.39, 0.29) is 12.5 Å². The van der Waals surface area contributed by atoms with Crippen molar-refractivity contribution < 1.29 is 18.0 Å². The van der Waals surface area contributed by atoms with Crippen LogP contribution in [0.5, 0.6) is 0 Å². The number of alkyl halides is 3. The largest absolute Gasteiger partial charge is 0.402 e. The summed E-state index contributed by atoms with van der Waals surface area (Å²) >= 11 is 0. The second kappa shape index (κ2) is 4.42. The average molecular weight is 263 g/mol. The normalized spacial score (nSPS) is 34.4. The number of carbonyl (C=O) groups excluding carboxylic acids is 1. The van der Waals surface area contributed by atoms with Gasteiger partial charge in [0.15, 0.2) is 0 Å². The predicted octanol–water partition coefficient (Wildman–Crippen LogP) is 3.27. The summed E-state index contributed by atoms with van der Waals surface area (Å²) in [7, 11) is 0. The first-order valence-corrected chi connectivity index (χ1v) is 6.65. The molecule has 4 unspecified atom stereocenters. The molecule has 1 N–H and O–H groups in total. The average Bonchev–Trinajstić information content (AvgIpc) is 2.87. The Labute approximate surface area is 105 Å². The molecule has 4 atom stereocenters. The number of halogens is 3. The number of carbonyl (C=O) groups is 1. The van der Waals surface area contributed by atoms with Crippen molar-refractivity contribution >= 4 is 5.91 Å². The van der Waals surface area contributed by atoms with E-state index in [0.717, 1.165) is 26.2 Å². The van der Waals surface area contributed by atoms with Gasteiger partial charge in [-0.25, -0.2) is 0 Å². The summed E-state index contributed by atoms with van der Waals surface area (Å²) < 4.78 is 38.9. The number of hydrogen-bond acceptors (Lipinski definition) is 1. The SMILES string of the molecule is CCC(C)(C(=O)NC1CC2CCC1C2)C(F)(F)F. The fourth-order valence-corrected chi connectivity index (χ4v) is 3.24. The van der Waals surface area contributed by atoms with Crippen LogP contribution in [-0.2, 0) is 4.79 Å². The first-order chi connectivity index (χ1) is 8.28. The second-order valence-electron chi connectivity index (χ2n) is 5.94. The second-order valence-corrected chi connectivity index (χ2v) is 5.94. The van der Waals surface area contributed by atoms with Gasteiger partial charge in [0.05, 0.1) is 0 Å². The van der Waals surface area contributed by atoms with Gasteiger partial charge in [0, 0.05) is 6.04 Å².